The summed E-state index contributed by atoms with van der Waals surface area (Å²) in [6, 6.07) is 10.7. The van der Waals surface area contributed by atoms with Crippen LogP contribution >= 0.6 is 0 Å². The summed E-state index contributed by atoms with van der Waals surface area (Å²) in [7, 11) is 2.18. The molecule has 0 radical (unpaired) electrons. The molecule has 1 saturated heterocycles. The van der Waals surface area contributed by atoms with Gasteiger partial charge in [0.2, 0.25) is 0 Å². The minimum absolute atomic E-state index is 1.11. The molecule has 1 aromatic heterocycles. The van der Waals surface area contributed by atoms with Gasteiger partial charge in [0.05, 0.1) is 0 Å². The van der Waals surface area contributed by atoms with Gasteiger partial charge in [0.1, 0.15) is 5.82 Å². The van der Waals surface area contributed by atoms with Gasteiger partial charge in [-0.25, -0.2) is 0 Å². The standard InChI is InChI=1S/C13H17N3/c1-15-6-8-16(9-7-15)13-10-11-4-2-3-5-12(11)14-13/h2-5,10,14H,6-9H2,1H3. The molecule has 3 rings (SSSR count). The van der Waals surface area contributed by atoms with E-state index in [1.807, 2.05) is 0 Å². The third-order valence-electron chi connectivity index (χ3n) is 3.36. The molecule has 2 aromatic rings. The molecule has 1 N–H and O–H groups in total. The second-order valence-corrected chi connectivity index (χ2v) is 4.53. The summed E-state index contributed by atoms with van der Waals surface area (Å²) in [5, 5.41) is 1.30. The molecule has 0 amide bonds. The fourth-order valence-corrected chi connectivity index (χ4v) is 2.28. The van der Waals surface area contributed by atoms with Crippen LogP contribution in [0, 0.1) is 0 Å². The summed E-state index contributed by atoms with van der Waals surface area (Å²) in [6.07, 6.45) is 0. The molecule has 3 heteroatoms. The first-order valence-corrected chi connectivity index (χ1v) is 5.84. The molecule has 1 fully saturated rings. The molecule has 16 heavy (non-hydrogen) atoms. The number of rotatable bonds is 1. The van der Waals surface area contributed by atoms with E-state index in [-0.39, 0.29) is 0 Å². The molecule has 0 unspecified atom stereocenters. The summed E-state index contributed by atoms with van der Waals surface area (Å²) < 4.78 is 0. The minimum Gasteiger partial charge on any atom is -0.356 e. The normalized spacial score (nSPS) is 18.2. The van der Waals surface area contributed by atoms with Crippen LogP contribution < -0.4 is 4.90 Å². The largest absolute Gasteiger partial charge is 0.356 e. The van der Waals surface area contributed by atoms with Crippen LogP contribution in [0.4, 0.5) is 5.82 Å². The average molecular weight is 215 g/mol. The molecule has 0 bridgehead atoms. The average Bonchev–Trinajstić information content (AvgIpc) is 2.73. The van der Waals surface area contributed by atoms with Crippen molar-refractivity contribution >= 4 is 16.7 Å². The Morgan fingerprint density at radius 2 is 1.81 bits per heavy atom. The van der Waals surface area contributed by atoms with Crippen LogP contribution in [0.2, 0.25) is 0 Å². The number of hydrogen-bond acceptors (Lipinski definition) is 2. The zero-order valence-corrected chi connectivity index (χ0v) is 9.61. The lowest BCUT2D eigenvalue weighted by molar-refractivity contribution is 0.312. The Morgan fingerprint density at radius 1 is 1.06 bits per heavy atom. The van der Waals surface area contributed by atoms with Crippen LogP contribution in [0.5, 0.6) is 0 Å². The lowest BCUT2D eigenvalue weighted by Gasteiger charge is -2.32. The number of piperazine rings is 1. The highest BCUT2D eigenvalue weighted by Crippen LogP contribution is 2.22. The predicted octanol–water partition coefficient (Wildman–Crippen LogP) is 1.92. The summed E-state index contributed by atoms with van der Waals surface area (Å²) in [4.78, 5) is 8.29. The zero-order chi connectivity index (χ0) is 11.0. The van der Waals surface area contributed by atoms with Crippen LogP contribution in [0.1, 0.15) is 0 Å². The van der Waals surface area contributed by atoms with E-state index in [1.165, 1.54) is 16.7 Å². The number of hydrogen-bond donors (Lipinski definition) is 1. The Kier molecular flexibility index (Phi) is 2.33. The molecular weight excluding hydrogens is 198 g/mol. The topological polar surface area (TPSA) is 22.3 Å². The Balaban J connectivity index is 1.88. The number of H-pyrrole nitrogens is 1. The highest BCUT2D eigenvalue weighted by molar-refractivity contribution is 5.83. The number of para-hydroxylation sites is 1. The van der Waals surface area contributed by atoms with E-state index in [9.17, 15) is 0 Å². The Bertz CT molecular complexity index is 448. The number of aromatic amines is 1. The molecule has 0 aliphatic carbocycles. The van der Waals surface area contributed by atoms with Crippen molar-refractivity contribution in [3.8, 4) is 0 Å². The van der Waals surface area contributed by atoms with Crippen molar-refractivity contribution < 1.29 is 0 Å². The van der Waals surface area contributed by atoms with Gasteiger partial charge in [0.25, 0.3) is 0 Å². The van der Waals surface area contributed by atoms with Gasteiger partial charge < -0.3 is 14.8 Å². The maximum atomic E-state index is 3.49. The number of aromatic nitrogens is 1. The quantitative estimate of drug-likeness (QED) is 0.785. The van der Waals surface area contributed by atoms with E-state index >= 15 is 0 Å². The monoisotopic (exact) mass is 215 g/mol. The molecule has 2 heterocycles. The molecule has 84 valence electrons. The summed E-state index contributed by atoms with van der Waals surface area (Å²) in [5.74, 6) is 1.26. The maximum absolute atomic E-state index is 3.49. The number of nitrogens with one attached hydrogen (secondary N) is 1. The molecule has 1 aromatic carbocycles. The van der Waals surface area contributed by atoms with Gasteiger partial charge in [-0.1, -0.05) is 18.2 Å². The highest BCUT2D eigenvalue weighted by Gasteiger charge is 2.15. The van der Waals surface area contributed by atoms with Crippen molar-refractivity contribution in [3.63, 3.8) is 0 Å². The zero-order valence-electron chi connectivity index (χ0n) is 9.61. The van der Waals surface area contributed by atoms with E-state index < -0.39 is 0 Å². The Hall–Kier alpha value is -1.48. The van der Waals surface area contributed by atoms with Gasteiger partial charge in [0, 0.05) is 37.1 Å². The van der Waals surface area contributed by atoms with Gasteiger partial charge in [0.15, 0.2) is 0 Å². The fourth-order valence-electron chi connectivity index (χ4n) is 2.28. The number of fused-ring (bicyclic) bond motifs is 1. The minimum atomic E-state index is 1.11. The second-order valence-electron chi connectivity index (χ2n) is 4.53. The fraction of sp³-hybridized carbons (Fsp3) is 0.385. The SMILES string of the molecule is CN1CCN(c2cc3ccccc3[nH]2)CC1. The first kappa shape index (κ1) is 9.73. The van der Waals surface area contributed by atoms with Crippen molar-refractivity contribution in [3.05, 3.63) is 30.3 Å². The van der Waals surface area contributed by atoms with Crippen molar-refractivity contribution in [2.24, 2.45) is 0 Å². The van der Waals surface area contributed by atoms with Crippen molar-refractivity contribution in [1.82, 2.24) is 9.88 Å². The number of benzene rings is 1. The molecule has 1 aliphatic rings. The third kappa shape index (κ3) is 1.67. The van der Waals surface area contributed by atoms with Crippen LogP contribution in [-0.4, -0.2) is 43.1 Å². The van der Waals surface area contributed by atoms with Crippen LogP contribution in [0.15, 0.2) is 30.3 Å². The summed E-state index contributed by atoms with van der Waals surface area (Å²) >= 11 is 0. The lowest BCUT2D eigenvalue weighted by Crippen LogP contribution is -2.44. The number of anilines is 1. The first-order chi connectivity index (χ1) is 7.83. The highest BCUT2D eigenvalue weighted by atomic mass is 15.3. The van der Waals surface area contributed by atoms with Gasteiger partial charge in [-0.05, 0) is 19.2 Å². The molecular formula is C13H17N3. The van der Waals surface area contributed by atoms with Gasteiger partial charge in [-0.3, -0.25) is 0 Å². The molecule has 0 atom stereocenters. The lowest BCUT2D eigenvalue weighted by atomic mass is 10.2. The van der Waals surface area contributed by atoms with Crippen LogP contribution in [0.3, 0.4) is 0 Å². The van der Waals surface area contributed by atoms with Gasteiger partial charge >= 0.3 is 0 Å². The summed E-state index contributed by atoms with van der Waals surface area (Å²) in [5.41, 5.74) is 1.23. The van der Waals surface area contributed by atoms with Crippen LogP contribution in [-0.2, 0) is 0 Å². The van der Waals surface area contributed by atoms with Gasteiger partial charge in [-0.2, -0.15) is 0 Å². The van der Waals surface area contributed by atoms with E-state index in [4.69, 9.17) is 0 Å². The van der Waals surface area contributed by atoms with Crippen molar-refractivity contribution in [2.45, 2.75) is 0 Å². The summed E-state index contributed by atoms with van der Waals surface area (Å²) in [6.45, 7) is 4.53. The van der Waals surface area contributed by atoms with Gasteiger partial charge in [-0.15, -0.1) is 0 Å². The van der Waals surface area contributed by atoms with E-state index in [0.717, 1.165) is 26.2 Å². The van der Waals surface area contributed by atoms with E-state index in [1.54, 1.807) is 0 Å². The molecule has 0 spiro atoms. The second kappa shape index (κ2) is 3.83. The number of nitrogens with zero attached hydrogens (tertiary/aromatic N) is 2. The first-order valence-electron chi connectivity index (χ1n) is 5.84. The number of likely N-dealkylation sites (N-methyl/N-ethyl adjacent to an activating group) is 1. The maximum Gasteiger partial charge on any atom is 0.106 e. The Morgan fingerprint density at radius 3 is 2.56 bits per heavy atom. The Labute approximate surface area is 95.7 Å². The molecule has 0 saturated carbocycles. The van der Waals surface area contributed by atoms with E-state index in [2.05, 4.69) is 52.2 Å². The third-order valence-corrected chi connectivity index (χ3v) is 3.36. The predicted molar refractivity (Wildman–Crippen MR) is 68.0 cm³/mol. The smallest absolute Gasteiger partial charge is 0.106 e. The molecule has 1 aliphatic heterocycles. The van der Waals surface area contributed by atoms with Crippen LogP contribution in [0.25, 0.3) is 10.9 Å². The molecule has 3 nitrogen and oxygen atoms in total. The van der Waals surface area contributed by atoms with E-state index in [0.29, 0.717) is 0 Å². The van der Waals surface area contributed by atoms with Crippen molar-refractivity contribution in [1.29, 1.82) is 0 Å². The van der Waals surface area contributed by atoms with Crippen molar-refractivity contribution in [2.75, 3.05) is 38.1 Å².